The van der Waals surface area contributed by atoms with Crippen LogP contribution in [0.3, 0.4) is 0 Å². The van der Waals surface area contributed by atoms with E-state index in [1.54, 1.807) is 39.0 Å². The first-order valence-corrected chi connectivity index (χ1v) is 9.06. The Labute approximate surface area is 162 Å². The minimum absolute atomic E-state index is 0.139. The van der Waals surface area contributed by atoms with Crippen molar-refractivity contribution in [3.8, 4) is 0 Å². The molecule has 8 heteroatoms. The van der Waals surface area contributed by atoms with Gasteiger partial charge in [-0.1, -0.05) is 24.3 Å². The van der Waals surface area contributed by atoms with Crippen LogP contribution in [0.5, 0.6) is 0 Å². The molecule has 0 spiro atoms. The van der Waals surface area contributed by atoms with Crippen LogP contribution in [-0.4, -0.2) is 43.8 Å². The van der Waals surface area contributed by atoms with Crippen molar-refractivity contribution in [2.24, 2.45) is 0 Å². The van der Waals surface area contributed by atoms with Crippen LogP contribution in [0.1, 0.15) is 27.7 Å². The molecule has 0 amide bonds. The minimum Gasteiger partial charge on any atom is -0.402 e. The molecule has 0 aliphatic heterocycles. The highest BCUT2D eigenvalue weighted by Crippen LogP contribution is 2.23. The fraction of sp³-hybridized carbons (Fsp3) is 0.316. The van der Waals surface area contributed by atoms with Gasteiger partial charge in [0.05, 0.1) is 11.2 Å². The molecule has 0 radical (unpaired) electrons. The van der Waals surface area contributed by atoms with E-state index in [-0.39, 0.29) is 5.43 Å². The summed E-state index contributed by atoms with van der Waals surface area (Å²) >= 11 is 1.67. The van der Waals surface area contributed by atoms with E-state index >= 15 is 0 Å². The molecule has 0 unspecified atom stereocenters. The van der Waals surface area contributed by atoms with Crippen molar-refractivity contribution >= 4 is 38.8 Å². The first-order valence-electron chi connectivity index (χ1n) is 8.24. The predicted octanol–water partition coefficient (Wildman–Crippen LogP) is 1.89. The summed E-state index contributed by atoms with van der Waals surface area (Å²) in [5.74, 6) is 0. The molecule has 3 rings (SSSR count). The lowest BCUT2D eigenvalue weighted by atomic mass is 9.90. The molecule has 0 bridgehead atoms. The van der Waals surface area contributed by atoms with Gasteiger partial charge in [0.2, 0.25) is 0 Å². The Balaban J connectivity index is 0.000000259. The van der Waals surface area contributed by atoms with E-state index in [0.29, 0.717) is 0 Å². The molecule has 0 aliphatic carbocycles. The molecule has 146 valence electrons. The third kappa shape index (κ3) is 7.02. The van der Waals surface area contributed by atoms with E-state index in [0.717, 1.165) is 20.2 Å². The number of aliphatic hydroxyl groups is 2. The van der Waals surface area contributed by atoms with Crippen LogP contribution in [0, 0.1) is 0 Å². The van der Waals surface area contributed by atoms with Crippen molar-refractivity contribution in [1.29, 1.82) is 0 Å². The van der Waals surface area contributed by atoms with Gasteiger partial charge in [-0.15, -0.1) is 11.3 Å². The molecular weight excluding hydrogens is 367 g/mol. The number of fused-ring (bicyclic) bond motifs is 2. The van der Waals surface area contributed by atoms with Gasteiger partial charge >= 0.3 is 7.32 Å². The average molecular weight is 392 g/mol. The van der Waals surface area contributed by atoms with Crippen LogP contribution >= 0.6 is 11.3 Å². The van der Waals surface area contributed by atoms with E-state index in [1.807, 2.05) is 48.5 Å². The second-order valence-corrected chi connectivity index (χ2v) is 7.97. The van der Waals surface area contributed by atoms with Crippen LogP contribution < -0.4 is 5.43 Å². The van der Waals surface area contributed by atoms with Gasteiger partial charge in [0, 0.05) is 20.2 Å². The van der Waals surface area contributed by atoms with E-state index in [4.69, 9.17) is 25.3 Å². The second-order valence-electron chi connectivity index (χ2n) is 6.89. The normalized spacial score (nSPS) is 11.3. The third-order valence-corrected chi connectivity index (χ3v) is 5.13. The van der Waals surface area contributed by atoms with Crippen molar-refractivity contribution in [3.05, 3.63) is 58.8 Å². The highest BCUT2D eigenvalue weighted by molar-refractivity contribution is 7.24. The van der Waals surface area contributed by atoms with E-state index in [2.05, 4.69) is 0 Å². The van der Waals surface area contributed by atoms with Crippen LogP contribution in [0.15, 0.2) is 53.3 Å². The Kier molecular flexibility index (Phi) is 8.10. The Hall–Kier alpha value is -1.81. The summed E-state index contributed by atoms with van der Waals surface area (Å²) < 4.78 is 2.11. The van der Waals surface area contributed by atoms with E-state index in [9.17, 15) is 4.79 Å². The summed E-state index contributed by atoms with van der Waals surface area (Å²) in [4.78, 5) is 12.1. The summed E-state index contributed by atoms with van der Waals surface area (Å²) in [6.07, 6.45) is 0. The molecule has 27 heavy (non-hydrogen) atoms. The van der Waals surface area contributed by atoms with E-state index < -0.39 is 18.5 Å². The molecule has 0 fully saturated rings. The van der Waals surface area contributed by atoms with Crippen LogP contribution in [0.4, 0.5) is 0 Å². The SMILES string of the molecule is CC(C)(O)C(C)(C)O.O=c1c2ccccc2sc2ccccc12.OB(O)O. The van der Waals surface area contributed by atoms with Crippen LogP contribution in [-0.2, 0) is 0 Å². The predicted molar refractivity (Wildman–Crippen MR) is 111 cm³/mol. The number of hydrogen-bond acceptors (Lipinski definition) is 7. The highest BCUT2D eigenvalue weighted by Gasteiger charge is 2.31. The van der Waals surface area contributed by atoms with E-state index in [1.165, 1.54) is 0 Å². The maximum atomic E-state index is 12.1. The Morgan fingerprint density at radius 2 is 1.04 bits per heavy atom. The third-order valence-electron chi connectivity index (χ3n) is 3.98. The zero-order valence-corrected chi connectivity index (χ0v) is 16.6. The summed E-state index contributed by atoms with van der Waals surface area (Å²) in [7, 11) is -2.17. The van der Waals surface area contributed by atoms with Gasteiger partial charge in [-0.05, 0) is 52.0 Å². The zero-order chi connectivity index (χ0) is 20.8. The lowest BCUT2D eigenvalue weighted by Gasteiger charge is -2.31. The average Bonchev–Trinajstić information content (AvgIpc) is 2.53. The number of rotatable bonds is 1. The first-order chi connectivity index (χ1) is 12.3. The highest BCUT2D eigenvalue weighted by atomic mass is 32.1. The largest absolute Gasteiger partial charge is 0.631 e. The Bertz CT molecular complexity index is 853. The van der Waals surface area contributed by atoms with Crippen LogP contribution in [0.2, 0.25) is 0 Å². The molecule has 3 aromatic rings. The van der Waals surface area contributed by atoms with Gasteiger partial charge in [0.15, 0.2) is 5.43 Å². The standard InChI is InChI=1S/C13H8OS.C6H14O2.BH3O3/c14-13-9-5-1-3-7-11(9)15-12-8-4-2-6-10(12)13;1-5(2,7)6(3,4)8;2-1(3)4/h1-8H;7-8H,1-4H3;2-4H. The molecule has 6 nitrogen and oxygen atoms in total. The molecule has 0 aliphatic rings. The molecule has 0 saturated heterocycles. The van der Waals surface area contributed by atoms with Crippen molar-refractivity contribution in [3.63, 3.8) is 0 Å². The Morgan fingerprint density at radius 1 is 0.741 bits per heavy atom. The monoisotopic (exact) mass is 392 g/mol. The van der Waals surface area contributed by atoms with Crippen LogP contribution in [0.25, 0.3) is 20.2 Å². The molecule has 1 heterocycles. The van der Waals surface area contributed by atoms with Gasteiger partial charge in [0.25, 0.3) is 0 Å². The fourth-order valence-corrected chi connectivity index (χ4v) is 2.82. The zero-order valence-electron chi connectivity index (χ0n) is 15.7. The minimum atomic E-state index is -2.17. The maximum Gasteiger partial charge on any atom is 0.631 e. The molecular formula is C19H25BO6S. The molecule has 5 N–H and O–H groups in total. The lowest BCUT2D eigenvalue weighted by molar-refractivity contribution is -0.107. The van der Waals surface area contributed by atoms with Crippen molar-refractivity contribution < 1.29 is 25.3 Å². The quantitative estimate of drug-likeness (QED) is 0.319. The first kappa shape index (κ1) is 23.2. The fourth-order valence-electron chi connectivity index (χ4n) is 1.75. The Morgan fingerprint density at radius 3 is 1.33 bits per heavy atom. The lowest BCUT2D eigenvalue weighted by Crippen LogP contribution is -2.44. The van der Waals surface area contributed by atoms with Gasteiger partial charge in [0.1, 0.15) is 0 Å². The van der Waals surface area contributed by atoms with Gasteiger partial charge in [-0.2, -0.15) is 0 Å². The molecule has 1 aromatic heterocycles. The topological polar surface area (TPSA) is 118 Å². The van der Waals surface area contributed by atoms with Gasteiger partial charge in [-0.25, -0.2) is 0 Å². The number of hydrogen-bond donors (Lipinski definition) is 5. The number of benzene rings is 2. The smallest absolute Gasteiger partial charge is 0.402 e. The summed E-state index contributed by atoms with van der Waals surface area (Å²) in [6, 6.07) is 15.5. The maximum absolute atomic E-state index is 12.1. The van der Waals surface area contributed by atoms with Crippen molar-refractivity contribution in [2.75, 3.05) is 0 Å². The summed E-state index contributed by atoms with van der Waals surface area (Å²) in [5, 5.41) is 41.3. The summed E-state index contributed by atoms with van der Waals surface area (Å²) in [6.45, 7) is 6.31. The molecule has 0 saturated carbocycles. The van der Waals surface area contributed by atoms with Gasteiger partial charge < -0.3 is 25.3 Å². The molecule has 2 aromatic carbocycles. The van der Waals surface area contributed by atoms with Crippen molar-refractivity contribution in [1.82, 2.24) is 0 Å². The molecule has 0 atom stereocenters. The summed E-state index contributed by atoms with van der Waals surface area (Å²) in [5.41, 5.74) is -1.88. The van der Waals surface area contributed by atoms with Crippen molar-refractivity contribution in [2.45, 2.75) is 38.9 Å². The second kappa shape index (κ2) is 9.41. The van der Waals surface area contributed by atoms with Gasteiger partial charge in [-0.3, -0.25) is 4.79 Å².